The molecular formula is C20H24F3N5O8. The van der Waals surface area contributed by atoms with E-state index in [1.807, 2.05) is 0 Å². The molecule has 16 heteroatoms. The molecule has 0 aliphatic carbocycles. The first kappa shape index (κ1) is 26.9. The second-order valence-corrected chi connectivity index (χ2v) is 8.14. The summed E-state index contributed by atoms with van der Waals surface area (Å²) in [5.74, 6) is -2.91. The molecule has 1 aliphatic heterocycles. The molecule has 0 amide bonds. The number of carbonyl (C=O) groups excluding carboxylic acids is 3. The lowest BCUT2D eigenvalue weighted by Gasteiger charge is -2.25. The van der Waals surface area contributed by atoms with E-state index in [1.54, 1.807) is 0 Å². The van der Waals surface area contributed by atoms with Crippen LogP contribution in [-0.4, -0.2) is 67.6 Å². The third-order valence-corrected chi connectivity index (χ3v) is 5.15. The number of esters is 3. The highest BCUT2D eigenvalue weighted by Gasteiger charge is 2.54. The molecule has 2 aromatic rings. The van der Waals surface area contributed by atoms with E-state index >= 15 is 0 Å². The molecule has 0 radical (unpaired) electrons. The number of halogens is 3. The van der Waals surface area contributed by atoms with Crippen LogP contribution < -0.4 is 11.4 Å². The topological polar surface area (TPSA) is 167 Å². The number of fused-ring (bicyclic) bond motifs is 1. The number of anilines is 1. The molecule has 0 aromatic carbocycles. The van der Waals surface area contributed by atoms with Gasteiger partial charge in [-0.3, -0.25) is 19.0 Å². The molecule has 2 aromatic heterocycles. The summed E-state index contributed by atoms with van der Waals surface area (Å²) in [6.07, 6.45) is -12.6. The Morgan fingerprint density at radius 3 is 2.39 bits per heavy atom. The largest absolute Gasteiger partial charge is 0.461 e. The van der Waals surface area contributed by atoms with Crippen LogP contribution in [0, 0.1) is 0 Å². The van der Waals surface area contributed by atoms with Gasteiger partial charge in [0.15, 0.2) is 11.9 Å². The fraction of sp³-hybridized carbons (Fsp3) is 0.600. The van der Waals surface area contributed by atoms with Gasteiger partial charge in [0.05, 0.1) is 12.7 Å². The van der Waals surface area contributed by atoms with Crippen molar-refractivity contribution >= 4 is 35.0 Å². The second kappa shape index (κ2) is 10.1. The van der Waals surface area contributed by atoms with Gasteiger partial charge in [-0.05, 0) is 6.92 Å². The smallest absolute Gasteiger partial charge is 0.428 e. The summed E-state index contributed by atoms with van der Waals surface area (Å²) in [7, 11) is 0. The SMILES string of the molecule is CC(=O)O[C@H]([C@@H]1C[C@@H](OC(C)=O)[C@H](n2c(=O)n(C[C@H](C)OC(C)=O)c3cnc(N)nc32)O1)C(F)(F)F. The number of nitrogens with two attached hydrogens (primary N) is 1. The molecule has 3 rings (SSSR count). The van der Waals surface area contributed by atoms with Gasteiger partial charge in [-0.2, -0.15) is 18.2 Å². The van der Waals surface area contributed by atoms with Gasteiger partial charge in [-0.15, -0.1) is 0 Å². The minimum Gasteiger partial charge on any atom is -0.461 e. The van der Waals surface area contributed by atoms with E-state index in [9.17, 15) is 32.3 Å². The fourth-order valence-corrected chi connectivity index (χ4v) is 4.00. The summed E-state index contributed by atoms with van der Waals surface area (Å²) in [6.45, 7) is 4.37. The Bertz CT molecular complexity index is 1230. The van der Waals surface area contributed by atoms with Crippen molar-refractivity contribution in [2.45, 2.75) is 77.5 Å². The number of nitrogen functional groups attached to an aromatic ring is 1. The molecule has 1 saturated heterocycles. The van der Waals surface area contributed by atoms with Crippen molar-refractivity contribution in [2.24, 2.45) is 0 Å². The molecule has 198 valence electrons. The van der Waals surface area contributed by atoms with Crippen molar-refractivity contribution < 1.29 is 46.5 Å². The lowest BCUT2D eigenvalue weighted by atomic mass is 10.1. The van der Waals surface area contributed by atoms with Crippen LogP contribution in [0.15, 0.2) is 11.0 Å². The number of carbonyl (C=O) groups is 3. The van der Waals surface area contributed by atoms with Gasteiger partial charge in [0.2, 0.25) is 12.1 Å². The van der Waals surface area contributed by atoms with Crippen LogP contribution in [0.25, 0.3) is 11.2 Å². The minimum atomic E-state index is -5.02. The first-order valence-corrected chi connectivity index (χ1v) is 10.7. The predicted octanol–water partition coefficient (Wildman–Crippen LogP) is 0.840. The van der Waals surface area contributed by atoms with Gasteiger partial charge in [0, 0.05) is 27.2 Å². The Morgan fingerprint density at radius 2 is 1.83 bits per heavy atom. The molecule has 2 N–H and O–H groups in total. The minimum absolute atomic E-state index is 0.106. The standard InChI is InChI=1S/C20H24F3N5O8/c1-8(33-9(2)29)7-27-12-6-25-18(24)26-16(12)28(19(27)32)17-14(34-10(3)30)5-13(36-17)15(20(21,22)23)35-11(4)31/h6,8,13-15,17H,5,7H2,1-4H3,(H2,24,25,26)/t8-,13-,14+,15+,17+/m0/s1. The number of hydrogen-bond donors (Lipinski definition) is 1. The summed E-state index contributed by atoms with van der Waals surface area (Å²) in [4.78, 5) is 55.7. The normalized spacial score (nSPS) is 21.7. The second-order valence-electron chi connectivity index (χ2n) is 8.14. The summed E-state index contributed by atoms with van der Waals surface area (Å²) in [5.41, 5.74) is 4.82. The summed E-state index contributed by atoms with van der Waals surface area (Å²) in [6, 6.07) is 0. The Balaban J connectivity index is 2.12. The van der Waals surface area contributed by atoms with Crippen LogP contribution in [0.3, 0.4) is 0 Å². The summed E-state index contributed by atoms with van der Waals surface area (Å²) in [5, 5.41) is 0. The Morgan fingerprint density at radius 1 is 1.19 bits per heavy atom. The van der Waals surface area contributed by atoms with E-state index < -0.39 is 66.8 Å². The monoisotopic (exact) mass is 519 g/mol. The highest BCUT2D eigenvalue weighted by atomic mass is 19.4. The molecule has 0 saturated carbocycles. The molecule has 1 aliphatic rings. The fourth-order valence-electron chi connectivity index (χ4n) is 4.00. The van der Waals surface area contributed by atoms with Crippen LogP contribution in [-0.2, 0) is 39.9 Å². The average molecular weight is 519 g/mol. The molecule has 5 atom stereocenters. The van der Waals surface area contributed by atoms with Crippen molar-refractivity contribution in [2.75, 3.05) is 5.73 Å². The number of rotatable bonds is 7. The van der Waals surface area contributed by atoms with Crippen LogP contribution >= 0.6 is 0 Å². The van der Waals surface area contributed by atoms with Crippen LogP contribution in [0.4, 0.5) is 19.1 Å². The number of ether oxygens (including phenoxy) is 4. The van der Waals surface area contributed by atoms with E-state index in [0.29, 0.717) is 0 Å². The van der Waals surface area contributed by atoms with E-state index in [4.69, 9.17) is 19.9 Å². The third-order valence-electron chi connectivity index (χ3n) is 5.15. The maximum atomic E-state index is 13.7. The van der Waals surface area contributed by atoms with Gasteiger partial charge >= 0.3 is 29.8 Å². The van der Waals surface area contributed by atoms with E-state index in [-0.39, 0.29) is 23.7 Å². The molecule has 0 spiro atoms. The quantitative estimate of drug-likeness (QED) is 0.407. The van der Waals surface area contributed by atoms with Crippen molar-refractivity contribution in [3.8, 4) is 0 Å². The van der Waals surface area contributed by atoms with Crippen molar-refractivity contribution in [3.63, 3.8) is 0 Å². The Labute approximate surface area is 201 Å². The number of nitrogens with zero attached hydrogens (tertiary/aromatic N) is 4. The number of hydrogen-bond acceptors (Lipinski definition) is 11. The Hall–Kier alpha value is -3.69. The van der Waals surface area contributed by atoms with Gasteiger partial charge in [0.1, 0.15) is 23.8 Å². The number of alkyl halides is 3. The van der Waals surface area contributed by atoms with Gasteiger partial charge in [0.25, 0.3) is 0 Å². The molecule has 13 nitrogen and oxygen atoms in total. The first-order valence-electron chi connectivity index (χ1n) is 10.7. The zero-order valence-electron chi connectivity index (χ0n) is 19.6. The zero-order chi connectivity index (χ0) is 26.9. The molecule has 0 unspecified atom stereocenters. The molecule has 0 bridgehead atoms. The highest BCUT2D eigenvalue weighted by Crippen LogP contribution is 2.39. The lowest BCUT2D eigenvalue weighted by molar-refractivity contribution is -0.248. The molecular weight excluding hydrogens is 495 g/mol. The van der Waals surface area contributed by atoms with Crippen molar-refractivity contribution in [1.82, 2.24) is 19.1 Å². The average Bonchev–Trinajstić information content (AvgIpc) is 3.22. The van der Waals surface area contributed by atoms with Crippen LogP contribution in [0.2, 0.25) is 0 Å². The van der Waals surface area contributed by atoms with Gasteiger partial charge in [-0.1, -0.05) is 0 Å². The van der Waals surface area contributed by atoms with E-state index in [0.717, 1.165) is 23.0 Å². The van der Waals surface area contributed by atoms with Gasteiger partial charge < -0.3 is 24.7 Å². The first-order chi connectivity index (χ1) is 16.7. The maximum Gasteiger partial charge on any atom is 0.428 e. The maximum absolute atomic E-state index is 13.7. The van der Waals surface area contributed by atoms with E-state index in [2.05, 4.69) is 14.7 Å². The van der Waals surface area contributed by atoms with Crippen LogP contribution in [0.5, 0.6) is 0 Å². The number of imidazole rings is 1. The summed E-state index contributed by atoms with van der Waals surface area (Å²) < 4.78 is 63.3. The zero-order valence-corrected chi connectivity index (χ0v) is 19.6. The van der Waals surface area contributed by atoms with E-state index in [1.165, 1.54) is 20.0 Å². The Kier molecular flexibility index (Phi) is 7.56. The highest BCUT2D eigenvalue weighted by molar-refractivity contribution is 5.72. The van der Waals surface area contributed by atoms with Gasteiger partial charge in [-0.25, -0.2) is 14.3 Å². The molecule has 3 heterocycles. The molecule has 1 fully saturated rings. The lowest BCUT2D eigenvalue weighted by Crippen LogP contribution is -2.43. The summed E-state index contributed by atoms with van der Waals surface area (Å²) >= 11 is 0. The van der Waals surface area contributed by atoms with Crippen molar-refractivity contribution in [1.29, 1.82) is 0 Å². The third kappa shape index (κ3) is 5.75. The predicted molar refractivity (Wildman–Crippen MR) is 113 cm³/mol. The van der Waals surface area contributed by atoms with Crippen LogP contribution in [0.1, 0.15) is 40.3 Å². The molecule has 36 heavy (non-hydrogen) atoms. The van der Waals surface area contributed by atoms with Crippen molar-refractivity contribution in [3.05, 3.63) is 16.7 Å². The number of aromatic nitrogens is 4.